The molecule has 0 aliphatic heterocycles. The van der Waals surface area contributed by atoms with Crippen molar-refractivity contribution in [2.75, 3.05) is 41.3 Å². The van der Waals surface area contributed by atoms with Crippen LogP contribution in [0.15, 0.2) is 94.9 Å². The predicted octanol–water partition coefficient (Wildman–Crippen LogP) is 2.08. The molecule has 0 saturated carbocycles. The summed E-state index contributed by atoms with van der Waals surface area (Å²) < 4.78 is 5.32. The first-order valence-corrected chi connectivity index (χ1v) is 21.6. The first-order valence-electron chi connectivity index (χ1n) is 21.6. The summed E-state index contributed by atoms with van der Waals surface area (Å²) in [5.41, 5.74) is 18.2. The fourth-order valence-corrected chi connectivity index (χ4v) is 6.65. The van der Waals surface area contributed by atoms with Gasteiger partial charge in [-0.3, -0.25) is 29.2 Å². The quantitative estimate of drug-likeness (QED) is 0.0370. The van der Waals surface area contributed by atoms with Crippen LogP contribution in [0, 0.1) is 0 Å². The van der Waals surface area contributed by atoms with E-state index in [9.17, 15) is 24.0 Å². The number of hydrogen-bond acceptors (Lipinski definition) is 9. The van der Waals surface area contributed by atoms with Crippen LogP contribution in [0.1, 0.15) is 57.6 Å². The molecule has 13 N–H and O–H groups in total. The number of rotatable bonds is 19. The molecule has 0 radical (unpaired) electrons. The fourth-order valence-electron chi connectivity index (χ4n) is 6.65. The van der Waals surface area contributed by atoms with Gasteiger partial charge in [0, 0.05) is 54.1 Å². The number of ether oxygens (including phenoxy) is 1. The number of aliphatic imine (C=N–C) groups is 2. The molecule has 4 rings (SSSR count). The van der Waals surface area contributed by atoms with E-state index in [2.05, 4.69) is 47.2 Å². The molecule has 5 amide bonds. The summed E-state index contributed by atoms with van der Waals surface area (Å²) in [6, 6.07) is 24.2. The normalized spacial score (nSPS) is 13.5. The van der Waals surface area contributed by atoms with Crippen molar-refractivity contribution in [3.05, 3.63) is 96.1 Å². The van der Waals surface area contributed by atoms with Gasteiger partial charge in [0.15, 0.2) is 11.9 Å². The number of benzene rings is 4. The Morgan fingerprint density at radius 2 is 1.03 bits per heavy atom. The number of primary amides is 2. The van der Waals surface area contributed by atoms with E-state index in [1.54, 1.807) is 49.0 Å². The third-order valence-electron chi connectivity index (χ3n) is 10.0. The van der Waals surface area contributed by atoms with Gasteiger partial charge in [-0.1, -0.05) is 84.9 Å². The molecule has 352 valence electrons. The van der Waals surface area contributed by atoms with Crippen LogP contribution in [0.2, 0.25) is 0 Å². The summed E-state index contributed by atoms with van der Waals surface area (Å²) in [5.74, 6) is -0.853. The van der Waals surface area contributed by atoms with E-state index in [1.807, 2.05) is 84.9 Å². The Bertz CT molecular complexity index is 2260. The van der Waals surface area contributed by atoms with Gasteiger partial charge in [0.05, 0.1) is 6.04 Å². The van der Waals surface area contributed by atoms with Crippen molar-refractivity contribution in [1.29, 1.82) is 0 Å². The zero-order valence-electron chi connectivity index (χ0n) is 38.6. The van der Waals surface area contributed by atoms with Crippen LogP contribution in [0.5, 0.6) is 0 Å². The van der Waals surface area contributed by atoms with E-state index in [-0.39, 0.29) is 12.3 Å². The van der Waals surface area contributed by atoms with Crippen LogP contribution < -0.4 is 54.4 Å². The zero-order chi connectivity index (χ0) is 47.9. The van der Waals surface area contributed by atoms with Crippen molar-refractivity contribution >= 4 is 63.2 Å². The van der Waals surface area contributed by atoms with Crippen LogP contribution >= 0.6 is 0 Å². The smallest absolute Gasteiger partial charge is 0.408 e. The second-order valence-corrected chi connectivity index (χ2v) is 16.3. The number of hydrogen-bond donors (Lipinski definition) is 10. The Kier molecular flexibility index (Phi) is 21.5. The summed E-state index contributed by atoms with van der Waals surface area (Å²) in [5, 5.41) is 24.3. The molecule has 0 fully saturated rings. The molecule has 0 heterocycles. The highest BCUT2D eigenvalue weighted by atomic mass is 16.6. The topological polar surface area (TPSA) is 282 Å². The highest BCUT2D eigenvalue weighted by Gasteiger charge is 2.28. The van der Waals surface area contributed by atoms with Crippen LogP contribution in [0.25, 0.3) is 21.5 Å². The summed E-state index contributed by atoms with van der Waals surface area (Å²) in [6.45, 7) is 6.36. The molecule has 4 aromatic carbocycles. The van der Waals surface area contributed by atoms with Gasteiger partial charge in [-0.2, -0.15) is 0 Å². The maximum Gasteiger partial charge on any atom is 0.408 e. The predicted molar refractivity (Wildman–Crippen MR) is 258 cm³/mol. The lowest BCUT2D eigenvalue weighted by Gasteiger charge is -2.25. The van der Waals surface area contributed by atoms with Crippen molar-refractivity contribution in [3.8, 4) is 0 Å². The average Bonchev–Trinajstić information content (AvgIpc) is 3.27. The monoisotopic (exact) mass is 897 g/mol. The third kappa shape index (κ3) is 18.7. The highest BCUT2D eigenvalue weighted by molar-refractivity contribution is 5.92. The Balaban J connectivity index is 0.000000353. The summed E-state index contributed by atoms with van der Waals surface area (Å²) in [7, 11) is 6.85. The number of nitrogens with one attached hydrogen (secondary N) is 7. The number of nitrogens with two attached hydrogens (primary N) is 3. The maximum atomic E-state index is 13.2. The number of alkyl carbamates (subject to hydrolysis) is 1. The Labute approximate surface area is 381 Å². The van der Waals surface area contributed by atoms with E-state index in [1.165, 1.54) is 0 Å². The van der Waals surface area contributed by atoms with E-state index >= 15 is 0 Å². The number of amides is 5. The van der Waals surface area contributed by atoms with Crippen LogP contribution in [0.3, 0.4) is 0 Å². The SMILES string of the molecule is CN=C(NC)NCCC[C@H](N)C(=O)N[C@H](Cc1ccc2ccccc2c1)C(N)=O.CN=C(NC)NCCC[C@H](NC(=O)OC(C)(C)C)C(=O)N[C@H](Cc1ccc2ccccc2c1)C(N)=O. The zero-order valence-corrected chi connectivity index (χ0v) is 38.6. The van der Waals surface area contributed by atoms with E-state index in [0.29, 0.717) is 57.1 Å². The Morgan fingerprint density at radius 3 is 1.45 bits per heavy atom. The molecule has 65 heavy (non-hydrogen) atoms. The molecule has 4 atom stereocenters. The Morgan fingerprint density at radius 1 is 0.600 bits per heavy atom. The standard InChI is InChI=1S/C26H38N6O4.C21H30N6O2/c1-26(2,3)36-25(35)32-20(11-8-14-30-24(28-4)29-5)23(34)31-21(22(27)33)16-17-12-13-18-9-6-7-10-19(18)15-17;1-24-21(25-2)26-11-5-8-17(22)20(29)27-18(19(23)28)13-14-9-10-15-6-3-4-7-16(15)12-14/h6-7,9-10,12-13,15,20-21H,8,11,14,16H2,1-5H3,(H2,27,33)(H,31,34)(H,32,35)(H2,28,29,30);3-4,6-7,9-10,12,17-18H,5,8,11,13,22H2,1-2H3,(H2,23,28)(H,27,29)(H2,24,25,26)/t20-,21+;17-,18+/m00/s1. The van der Waals surface area contributed by atoms with Crippen molar-refractivity contribution in [1.82, 2.24) is 37.2 Å². The molecule has 0 saturated heterocycles. The lowest BCUT2D eigenvalue weighted by Crippen LogP contribution is -2.54. The molecule has 18 nitrogen and oxygen atoms in total. The van der Waals surface area contributed by atoms with Crippen molar-refractivity contribution in [3.63, 3.8) is 0 Å². The third-order valence-corrected chi connectivity index (χ3v) is 10.0. The van der Waals surface area contributed by atoms with Crippen LogP contribution in [-0.4, -0.2) is 113 Å². The number of nitrogens with zero attached hydrogens (tertiary/aromatic N) is 2. The fraction of sp³-hybridized carbons (Fsp3) is 0.426. The van der Waals surface area contributed by atoms with Gasteiger partial charge in [-0.25, -0.2) is 4.79 Å². The molecule has 0 bridgehead atoms. The minimum atomic E-state index is -0.942. The van der Waals surface area contributed by atoms with E-state index in [0.717, 1.165) is 32.7 Å². The summed E-state index contributed by atoms with van der Waals surface area (Å²) in [4.78, 5) is 70.1. The largest absolute Gasteiger partial charge is 0.444 e. The first-order chi connectivity index (χ1) is 31.0. The highest BCUT2D eigenvalue weighted by Crippen LogP contribution is 2.18. The molecule has 0 aromatic heterocycles. The summed E-state index contributed by atoms with van der Waals surface area (Å²) in [6.07, 6.45) is 1.83. The lowest BCUT2D eigenvalue weighted by atomic mass is 10.0. The van der Waals surface area contributed by atoms with Gasteiger partial charge < -0.3 is 59.2 Å². The first kappa shape index (κ1) is 52.4. The molecule has 4 aromatic rings. The van der Waals surface area contributed by atoms with Crippen molar-refractivity contribution in [2.24, 2.45) is 27.2 Å². The van der Waals surface area contributed by atoms with Gasteiger partial charge >= 0.3 is 6.09 Å². The number of carbonyl (C=O) groups excluding carboxylic acids is 5. The molecule has 0 unspecified atom stereocenters. The molecule has 0 aliphatic carbocycles. The molecule has 0 aliphatic rings. The minimum absolute atomic E-state index is 0.227. The number of fused-ring (bicyclic) bond motifs is 2. The van der Waals surface area contributed by atoms with Crippen molar-refractivity contribution < 1.29 is 28.7 Å². The van der Waals surface area contributed by atoms with Crippen molar-refractivity contribution in [2.45, 2.75) is 89.1 Å². The van der Waals surface area contributed by atoms with E-state index in [4.69, 9.17) is 21.9 Å². The number of guanidine groups is 2. The van der Waals surface area contributed by atoms with Gasteiger partial charge in [0.2, 0.25) is 23.6 Å². The Hall–Kier alpha value is -6.95. The molecule has 18 heteroatoms. The maximum absolute atomic E-state index is 13.2. The van der Waals surface area contributed by atoms with Gasteiger partial charge in [0.25, 0.3) is 0 Å². The molecular formula is C47H68N12O6. The van der Waals surface area contributed by atoms with Gasteiger partial charge in [-0.05, 0) is 79.1 Å². The van der Waals surface area contributed by atoms with Gasteiger partial charge in [-0.15, -0.1) is 0 Å². The second kappa shape index (κ2) is 26.6. The number of carbonyl (C=O) groups is 5. The lowest BCUT2D eigenvalue weighted by molar-refractivity contribution is -0.128. The van der Waals surface area contributed by atoms with Crippen LogP contribution in [0.4, 0.5) is 4.79 Å². The molecule has 0 spiro atoms. The van der Waals surface area contributed by atoms with Crippen LogP contribution in [-0.2, 0) is 36.8 Å². The van der Waals surface area contributed by atoms with E-state index < -0.39 is 53.6 Å². The summed E-state index contributed by atoms with van der Waals surface area (Å²) >= 11 is 0. The van der Waals surface area contributed by atoms with Gasteiger partial charge in [0.1, 0.15) is 23.7 Å². The average molecular weight is 897 g/mol. The second-order valence-electron chi connectivity index (χ2n) is 16.3. The molecular weight excluding hydrogens is 829 g/mol. The minimum Gasteiger partial charge on any atom is -0.444 e.